The lowest BCUT2D eigenvalue weighted by Crippen LogP contribution is -2.35. The highest BCUT2D eigenvalue weighted by molar-refractivity contribution is 5.96. The zero-order valence-corrected chi connectivity index (χ0v) is 15.4. The second-order valence-corrected chi connectivity index (χ2v) is 6.61. The van der Waals surface area contributed by atoms with Crippen LogP contribution in [-0.4, -0.2) is 39.1 Å². The first-order valence-electron chi connectivity index (χ1n) is 8.82. The molecule has 0 spiro atoms. The molecule has 0 saturated heterocycles. The summed E-state index contributed by atoms with van der Waals surface area (Å²) in [6, 6.07) is 7.75. The first-order chi connectivity index (χ1) is 12.4. The smallest absolute Gasteiger partial charge is 0.254 e. The number of aromatic nitrogens is 2. The first-order valence-corrected chi connectivity index (χ1v) is 8.82. The number of carbonyl (C=O) groups excluding carboxylic acids is 2. The van der Waals surface area contributed by atoms with Crippen molar-refractivity contribution in [3.63, 3.8) is 0 Å². The van der Waals surface area contributed by atoms with Gasteiger partial charge in [0.15, 0.2) is 0 Å². The van der Waals surface area contributed by atoms with Crippen LogP contribution in [0, 0.1) is 13.8 Å². The predicted molar refractivity (Wildman–Crippen MR) is 101 cm³/mol. The van der Waals surface area contributed by atoms with E-state index in [1.807, 2.05) is 49.1 Å². The van der Waals surface area contributed by atoms with Crippen molar-refractivity contribution in [2.75, 3.05) is 6.54 Å². The van der Waals surface area contributed by atoms with Gasteiger partial charge in [-0.3, -0.25) is 14.3 Å². The van der Waals surface area contributed by atoms with Crippen molar-refractivity contribution in [2.24, 2.45) is 5.73 Å². The van der Waals surface area contributed by atoms with Gasteiger partial charge in [0.05, 0.1) is 11.7 Å². The summed E-state index contributed by atoms with van der Waals surface area (Å²) in [6.07, 6.45) is 5.03. The Morgan fingerprint density at radius 1 is 1.31 bits per heavy atom. The van der Waals surface area contributed by atoms with E-state index in [0.29, 0.717) is 12.1 Å². The molecule has 0 fully saturated rings. The fraction of sp³-hybridized carbons (Fsp3) is 0.350. The second-order valence-electron chi connectivity index (χ2n) is 6.61. The van der Waals surface area contributed by atoms with Gasteiger partial charge in [-0.25, -0.2) is 0 Å². The number of nitrogens with two attached hydrogens (primary N) is 1. The number of hydrogen-bond donors (Lipinski definition) is 1. The maximum absolute atomic E-state index is 12.9. The Morgan fingerprint density at radius 2 is 2.08 bits per heavy atom. The molecule has 1 atom stereocenters. The maximum atomic E-state index is 12.9. The summed E-state index contributed by atoms with van der Waals surface area (Å²) in [5.74, 6) is -0.401. The van der Waals surface area contributed by atoms with Crippen LogP contribution in [0.3, 0.4) is 0 Å². The van der Waals surface area contributed by atoms with Gasteiger partial charge in [-0.2, -0.15) is 5.10 Å². The molecule has 0 unspecified atom stereocenters. The maximum Gasteiger partial charge on any atom is 0.254 e. The Bertz CT molecular complexity index is 882. The number of carbonyl (C=O) groups is 2. The average Bonchev–Trinajstić information content (AvgIpc) is 3.18. The molecular weight excluding hydrogens is 328 g/mol. The summed E-state index contributed by atoms with van der Waals surface area (Å²) in [5, 5.41) is 4.41. The summed E-state index contributed by atoms with van der Waals surface area (Å²) in [7, 11) is 0. The van der Waals surface area contributed by atoms with Crippen LogP contribution in [0.1, 0.15) is 35.1 Å². The highest BCUT2D eigenvalue weighted by atomic mass is 16.2. The monoisotopic (exact) mass is 352 g/mol. The zero-order chi connectivity index (χ0) is 18.8. The van der Waals surface area contributed by atoms with Gasteiger partial charge in [0.2, 0.25) is 5.91 Å². The topological polar surface area (TPSA) is 81.2 Å². The third kappa shape index (κ3) is 3.27. The van der Waals surface area contributed by atoms with E-state index in [1.165, 1.54) is 0 Å². The summed E-state index contributed by atoms with van der Waals surface area (Å²) in [4.78, 5) is 26.0. The summed E-state index contributed by atoms with van der Waals surface area (Å²) in [6.45, 7) is 6.58. The van der Waals surface area contributed by atoms with Crippen molar-refractivity contribution < 1.29 is 9.59 Å². The summed E-state index contributed by atoms with van der Waals surface area (Å²) >= 11 is 0. The SMILES string of the molecule is CC[C@@H]1C=CCN1C(=O)c1cccc(-c2c(C)nn(CC(N)=O)c2C)c1. The Balaban J connectivity index is 1.94. The molecule has 2 heterocycles. The molecule has 2 amide bonds. The minimum Gasteiger partial charge on any atom is -0.368 e. The van der Waals surface area contributed by atoms with Crippen LogP contribution in [0.4, 0.5) is 0 Å². The first kappa shape index (κ1) is 17.9. The van der Waals surface area contributed by atoms with Crippen LogP contribution in [0.25, 0.3) is 11.1 Å². The molecule has 0 bridgehead atoms. The van der Waals surface area contributed by atoms with E-state index in [9.17, 15) is 9.59 Å². The Hall–Kier alpha value is -2.89. The van der Waals surface area contributed by atoms with Crippen molar-refractivity contribution in [2.45, 2.75) is 39.8 Å². The fourth-order valence-corrected chi connectivity index (χ4v) is 3.55. The van der Waals surface area contributed by atoms with E-state index in [1.54, 1.807) is 4.68 Å². The van der Waals surface area contributed by atoms with Crippen LogP contribution in [0.15, 0.2) is 36.4 Å². The number of primary amides is 1. The van der Waals surface area contributed by atoms with Gasteiger partial charge in [-0.05, 0) is 38.0 Å². The Kier molecular flexibility index (Phi) is 4.93. The van der Waals surface area contributed by atoms with Gasteiger partial charge in [-0.1, -0.05) is 31.2 Å². The number of nitrogens with zero attached hydrogens (tertiary/aromatic N) is 3. The van der Waals surface area contributed by atoms with E-state index >= 15 is 0 Å². The quantitative estimate of drug-likeness (QED) is 0.839. The zero-order valence-electron chi connectivity index (χ0n) is 15.4. The predicted octanol–water partition coefficient (Wildman–Crippen LogP) is 2.44. The van der Waals surface area contributed by atoms with Gasteiger partial charge in [0.1, 0.15) is 6.54 Å². The minimum absolute atomic E-state index is 0.0310. The number of amides is 2. The molecule has 3 rings (SSSR count). The third-order valence-electron chi connectivity index (χ3n) is 4.83. The summed E-state index contributed by atoms with van der Waals surface area (Å²) in [5.41, 5.74) is 9.48. The normalized spacial score (nSPS) is 16.3. The lowest BCUT2D eigenvalue weighted by atomic mass is 10.0. The van der Waals surface area contributed by atoms with Crippen LogP contribution in [0.5, 0.6) is 0 Å². The molecule has 1 aromatic heterocycles. The van der Waals surface area contributed by atoms with E-state index in [2.05, 4.69) is 18.1 Å². The highest BCUT2D eigenvalue weighted by Gasteiger charge is 2.25. The molecule has 0 radical (unpaired) electrons. The lowest BCUT2D eigenvalue weighted by Gasteiger charge is -2.23. The van der Waals surface area contributed by atoms with E-state index < -0.39 is 5.91 Å². The molecule has 6 heteroatoms. The Morgan fingerprint density at radius 3 is 2.77 bits per heavy atom. The molecular formula is C20H24N4O2. The lowest BCUT2D eigenvalue weighted by molar-refractivity contribution is -0.118. The van der Waals surface area contributed by atoms with Gasteiger partial charge >= 0.3 is 0 Å². The summed E-state index contributed by atoms with van der Waals surface area (Å²) < 4.78 is 1.61. The molecule has 2 N–H and O–H groups in total. The standard InChI is InChI=1S/C20H24N4O2/c1-4-17-9-6-10-23(17)20(26)16-8-5-7-15(11-16)19-13(2)22-24(14(19)3)12-18(21)25/h5-9,11,17H,4,10,12H2,1-3H3,(H2,21,25)/t17-/m1/s1. The number of rotatable bonds is 5. The van der Waals surface area contributed by atoms with Crippen LogP contribution in [0.2, 0.25) is 0 Å². The fourth-order valence-electron chi connectivity index (χ4n) is 3.55. The second kappa shape index (κ2) is 7.15. The molecule has 1 aliphatic heterocycles. The highest BCUT2D eigenvalue weighted by Crippen LogP contribution is 2.28. The van der Waals surface area contributed by atoms with Crippen LogP contribution < -0.4 is 5.73 Å². The molecule has 1 aromatic carbocycles. The molecule has 1 aliphatic rings. The minimum atomic E-state index is -0.432. The van der Waals surface area contributed by atoms with Crippen molar-refractivity contribution >= 4 is 11.8 Å². The van der Waals surface area contributed by atoms with Crippen molar-refractivity contribution in [1.29, 1.82) is 0 Å². The molecule has 0 aliphatic carbocycles. The largest absolute Gasteiger partial charge is 0.368 e. The van der Waals surface area contributed by atoms with E-state index in [4.69, 9.17) is 5.73 Å². The van der Waals surface area contributed by atoms with Crippen LogP contribution in [-0.2, 0) is 11.3 Å². The molecule has 136 valence electrons. The number of benzene rings is 1. The van der Waals surface area contributed by atoms with E-state index in [0.717, 1.165) is 28.9 Å². The van der Waals surface area contributed by atoms with Crippen molar-refractivity contribution in [3.8, 4) is 11.1 Å². The van der Waals surface area contributed by atoms with Crippen molar-refractivity contribution in [3.05, 3.63) is 53.4 Å². The van der Waals surface area contributed by atoms with Gasteiger partial charge < -0.3 is 10.6 Å². The molecule has 2 aromatic rings. The van der Waals surface area contributed by atoms with Crippen LogP contribution >= 0.6 is 0 Å². The molecule has 6 nitrogen and oxygen atoms in total. The number of hydrogen-bond acceptors (Lipinski definition) is 3. The third-order valence-corrected chi connectivity index (χ3v) is 4.83. The molecule has 0 saturated carbocycles. The van der Waals surface area contributed by atoms with E-state index in [-0.39, 0.29) is 18.5 Å². The van der Waals surface area contributed by atoms with Crippen molar-refractivity contribution in [1.82, 2.24) is 14.7 Å². The Labute approximate surface area is 153 Å². The molecule has 26 heavy (non-hydrogen) atoms. The van der Waals surface area contributed by atoms with Gasteiger partial charge in [0.25, 0.3) is 5.91 Å². The van der Waals surface area contributed by atoms with Gasteiger partial charge in [-0.15, -0.1) is 0 Å². The van der Waals surface area contributed by atoms with Gasteiger partial charge in [0, 0.05) is 23.4 Å². The average molecular weight is 352 g/mol. The number of aryl methyl sites for hydroxylation is 1.